The van der Waals surface area contributed by atoms with Crippen molar-refractivity contribution in [2.75, 3.05) is 6.61 Å². The molecule has 0 saturated heterocycles. The average Bonchev–Trinajstić information content (AvgIpc) is 2.80. The van der Waals surface area contributed by atoms with Crippen LogP contribution in [0.3, 0.4) is 0 Å². The molecule has 0 atom stereocenters. The maximum Gasteiger partial charge on any atom is 0.0880 e. The van der Waals surface area contributed by atoms with Crippen molar-refractivity contribution in [1.29, 1.82) is 0 Å². The summed E-state index contributed by atoms with van der Waals surface area (Å²) in [6.07, 6.45) is 7.65. The lowest BCUT2D eigenvalue weighted by Crippen LogP contribution is -2.38. The summed E-state index contributed by atoms with van der Waals surface area (Å²) >= 11 is 0. The molecule has 0 radical (unpaired) electrons. The summed E-state index contributed by atoms with van der Waals surface area (Å²) in [5.74, 6) is 0. The van der Waals surface area contributed by atoms with Gasteiger partial charge in [-0.25, -0.2) is 0 Å². The van der Waals surface area contributed by atoms with E-state index in [0.717, 1.165) is 38.5 Å². The smallest absolute Gasteiger partial charge is 0.0880 e. The first kappa shape index (κ1) is 12.2. The lowest BCUT2D eigenvalue weighted by molar-refractivity contribution is -0.0883. The fraction of sp³-hybridized carbons (Fsp3) is 0.625. The average molecular weight is 246 g/mol. The van der Waals surface area contributed by atoms with Crippen LogP contribution >= 0.6 is 0 Å². The molecule has 0 spiro atoms. The molecule has 2 nitrogen and oxygen atoms in total. The normalized spacial score (nSPS) is 22.9. The van der Waals surface area contributed by atoms with Gasteiger partial charge >= 0.3 is 0 Å². The molecule has 0 heterocycles. The van der Waals surface area contributed by atoms with E-state index in [-0.39, 0.29) is 6.10 Å². The van der Waals surface area contributed by atoms with Crippen LogP contribution in [0.2, 0.25) is 0 Å². The first-order valence-electron chi connectivity index (χ1n) is 7.16. The molecule has 0 bridgehead atoms. The van der Waals surface area contributed by atoms with Crippen molar-refractivity contribution in [2.24, 2.45) is 0 Å². The van der Waals surface area contributed by atoms with E-state index >= 15 is 0 Å². The number of fused-ring (bicyclic) bond motifs is 1. The third-order valence-corrected chi connectivity index (χ3v) is 4.39. The largest absolute Gasteiger partial charge is 0.387 e. The number of hydrogen-bond acceptors (Lipinski definition) is 2. The van der Waals surface area contributed by atoms with E-state index in [0.29, 0.717) is 6.61 Å². The number of hydrogen-bond donors (Lipinski definition) is 1. The molecule has 1 saturated carbocycles. The molecule has 0 amide bonds. The van der Waals surface area contributed by atoms with Gasteiger partial charge in [0.2, 0.25) is 0 Å². The van der Waals surface area contributed by atoms with Gasteiger partial charge in [0.1, 0.15) is 0 Å². The van der Waals surface area contributed by atoms with E-state index in [4.69, 9.17) is 4.74 Å². The molecule has 2 aliphatic carbocycles. The monoisotopic (exact) mass is 246 g/mol. The maximum atomic E-state index is 10.4. The Morgan fingerprint density at radius 3 is 2.28 bits per heavy atom. The van der Waals surface area contributed by atoms with Gasteiger partial charge in [0.25, 0.3) is 0 Å². The minimum absolute atomic E-state index is 0.272. The Balaban J connectivity index is 1.53. The molecule has 3 rings (SSSR count). The van der Waals surface area contributed by atoms with E-state index < -0.39 is 5.60 Å². The molecule has 98 valence electrons. The van der Waals surface area contributed by atoms with Crippen LogP contribution in [0, 0.1) is 0 Å². The molecule has 0 unspecified atom stereocenters. The van der Waals surface area contributed by atoms with Crippen LogP contribution in [-0.4, -0.2) is 23.4 Å². The van der Waals surface area contributed by atoms with Crippen molar-refractivity contribution in [3.05, 3.63) is 35.4 Å². The summed E-state index contributed by atoms with van der Waals surface area (Å²) < 4.78 is 5.98. The quantitative estimate of drug-likeness (QED) is 0.888. The lowest BCUT2D eigenvalue weighted by atomic mass is 9.85. The first-order chi connectivity index (χ1) is 8.75. The predicted molar refractivity (Wildman–Crippen MR) is 71.6 cm³/mol. The fourth-order valence-corrected chi connectivity index (χ4v) is 3.26. The van der Waals surface area contributed by atoms with Crippen LogP contribution in [-0.2, 0) is 17.6 Å². The first-order valence-corrected chi connectivity index (χ1v) is 7.16. The van der Waals surface area contributed by atoms with E-state index in [2.05, 4.69) is 24.3 Å². The van der Waals surface area contributed by atoms with E-state index in [1.807, 2.05) is 0 Å². The maximum absolute atomic E-state index is 10.4. The van der Waals surface area contributed by atoms with E-state index in [1.54, 1.807) is 0 Å². The molecule has 1 N–H and O–H groups in total. The van der Waals surface area contributed by atoms with Crippen molar-refractivity contribution in [2.45, 2.75) is 56.7 Å². The summed E-state index contributed by atoms with van der Waals surface area (Å²) in [6.45, 7) is 0.519. The van der Waals surface area contributed by atoms with Gasteiger partial charge in [0, 0.05) is 0 Å². The van der Waals surface area contributed by atoms with Crippen molar-refractivity contribution in [1.82, 2.24) is 0 Å². The number of aliphatic hydroxyl groups is 1. The van der Waals surface area contributed by atoms with Crippen LogP contribution in [0.4, 0.5) is 0 Å². The number of rotatable bonds is 3. The Morgan fingerprint density at radius 1 is 1.06 bits per heavy atom. The van der Waals surface area contributed by atoms with Gasteiger partial charge in [-0.15, -0.1) is 0 Å². The summed E-state index contributed by atoms with van der Waals surface area (Å²) in [5.41, 5.74) is 2.28. The Kier molecular flexibility index (Phi) is 3.40. The van der Waals surface area contributed by atoms with Crippen molar-refractivity contribution in [3.8, 4) is 0 Å². The molecular formula is C16H22O2. The van der Waals surface area contributed by atoms with E-state index in [9.17, 15) is 5.11 Å². The van der Waals surface area contributed by atoms with Gasteiger partial charge in [0.05, 0.1) is 18.3 Å². The second kappa shape index (κ2) is 5.02. The molecule has 0 aromatic heterocycles. The summed E-state index contributed by atoms with van der Waals surface area (Å²) in [7, 11) is 0. The highest BCUT2D eigenvalue weighted by Gasteiger charge is 2.31. The molecule has 2 aliphatic rings. The topological polar surface area (TPSA) is 29.5 Å². The third-order valence-electron chi connectivity index (χ3n) is 4.39. The predicted octanol–water partition coefficient (Wildman–Crippen LogP) is 2.87. The van der Waals surface area contributed by atoms with Crippen LogP contribution in [0.5, 0.6) is 0 Å². The minimum atomic E-state index is -0.549. The van der Waals surface area contributed by atoms with Crippen LogP contribution in [0.15, 0.2) is 24.3 Å². The summed E-state index contributed by atoms with van der Waals surface area (Å²) in [5, 5.41) is 10.4. The van der Waals surface area contributed by atoms with Crippen LogP contribution in [0.1, 0.15) is 43.2 Å². The van der Waals surface area contributed by atoms with Crippen LogP contribution < -0.4 is 0 Å². The SMILES string of the molecule is OC1(COC2Cc3ccccc3C2)CCCCC1. The molecule has 1 aromatic rings. The Morgan fingerprint density at radius 2 is 1.67 bits per heavy atom. The number of benzene rings is 1. The second-order valence-electron chi connectivity index (χ2n) is 5.89. The molecule has 1 fully saturated rings. The van der Waals surface area contributed by atoms with Gasteiger partial charge < -0.3 is 9.84 Å². The van der Waals surface area contributed by atoms with Crippen molar-refractivity contribution in [3.63, 3.8) is 0 Å². The Labute approximate surface area is 109 Å². The van der Waals surface area contributed by atoms with Gasteiger partial charge in [-0.2, -0.15) is 0 Å². The molecule has 18 heavy (non-hydrogen) atoms. The van der Waals surface area contributed by atoms with Crippen molar-refractivity contribution < 1.29 is 9.84 Å². The third kappa shape index (κ3) is 2.60. The van der Waals surface area contributed by atoms with Gasteiger partial charge in [0.15, 0.2) is 0 Å². The lowest BCUT2D eigenvalue weighted by Gasteiger charge is -2.32. The standard InChI is InChI=1S/C16H22O2/c17-16(8-4-1-5-9-16)12-18-15-10-13-6-2-3-7-14(13)11-15/h2-3,6-7,15,17H,1,4-5,8-12H2. The zero-order valence-corrected chi connectivity index (χ0v) is 10.9. The van der Waals surface area contributed by atoms with Crippen molar-refractivity contribution >= 4 is 0 Å². The molecular weight excluding hydrogens is 224 g/mol. The number of ether oxygens (including phenoxy) is 1. The van der Waals surface area contributed by atoms with E-state index in [1.165, 1.54) is 17.5 Å². The van der Waals surface area contributed by atoms with Gasteiger partial charge in [-0.1, -0.05) is 43.5 Å². The highest BCUT2D eigenvalue weighted by Crippen LogP contribution is 2.30. The Hall–Kier alpha value is -0.860. The minimum Gasteiger partial charge on any atom is -0.387 e. The summed E-state index contributed by atoms with van der Waals surface area (Å²) in [6, 6.07) is 8.56. The highest BCUT2D eigenvalue weighted by molar-refractivity contribution is 5.32. The zero-order valence-electron chi connectivity index (χ0n) is 10.9. The second-order valence-corrected chi connectivity index (χ2v) is 5.89. The fourth-order valence-electron chi connectivity index (χ4n) is 3.26. The Bertz CT molecular complexity index is 382. The van der Waals surface area contributed by atoms with Gasteiger partial charge in [-0.05, 0) is 36.8 Å². The van der Waals surface area contributed by atoms with Gasteiger partial charge in [-0.3, -0.25) is 0 Å². The molecule has 2 heteroatoms. The molecule has 1 aromatic carbocycles. The zero-order chi connectivity index (χ0) is 12.4. The molecule has 0 aliphatic heterocycles. The van der Waals surface area contributed by atoms with Crippen LogP contribution in [0.25, 0.3) is 0 Å². The highest BCUT2D eigenvalue weighted by atomic mass is 16.5. The summed E-state index contributed by atoms with van der Waals surface area (Å²) in [4.78, 5) is 0.